The van der Waals surface area contributed by atoms with Crippen molar-refractivity contribution in [2.45, 2.75) is 24.4 Å². The minimum Gasteiger partial charge on any atom is -0.374 e. The highest BCUT2D eigenvalue weighted by Gasteiger charge is 2.69. The molecule has 0 radical (unpaired) electrons. The summed E-state index contributed by atoms with van der Waals surface area (Å²) in [5, 5.41) is 8.35. The zero-order valence-corrected chi connectivity index (χ0v) is 6.21. The lowest BCUT2D eigenvalue weighted by atomic mass is 9.98. The number of hydrogen-bond donors (Lipinski definition) is 2. The summed E-state index contributed by atoms with van der Waals surface area (Å²) in [6.07, 6.45) is -13.1. The number of alkyl halides is 6. The molecule has 8 heteroatoms. The third kappa shape index (κ3) is 2.25. The summed E-state index contributed by atoms with van der Waals surface area (Å²) in [5.74, 6) is 0. The van der Waals surface area contributed by atoms with Crippen LogP contribution in [0.3, 0.4) is 0 Å². The lowest BCUT2D eigenvalue weighted by Crippen LogP contribution is -2.57. The van der Waals surface area contributed by atoms with Gasteiger partial charge in [-0.25, -0.2) is 0 Å². The first-order chi connectivity index (χ1) is 5.56. The molecular formula is C5H7F6NO. The third-order valence-electron chi connectivity index (χ3n) is 1.44. The molecule has 0 bridgehead atoms. The topological polar surface area (TPSA) is 46.2 Å². The van der Waals surface area contributed by atoms with E-state index in [9.17, 15) is 26.3 Å². The molecule has 0 fully saturated rings. The SMILES string of the molecule is NCCC(O)(C(F)(F)F)C(F)(F)F. The molecule has 3 N–H and O–H groups in total. The van der Waals surface area contributed by atoms with Crippen molar-refractivity contribution in [2.75, 3.05) is 6.54 Å². The molecule has 0 saturated heterocycles. The Labute approximate surface area is 69.3 Å². The molecule has 2 nitrogen and oxygen atoms in total. The zero-order chi connectivity index (χ0) is 10.9. The van der Waals surface area contributed by atoms with E-state index in [1.807, 2.05) is 0 Å². The summed E-state index contributed by atoms with van der Waals surface area (Å²) in [6, 6.07) is 0. The summed E-state index contributed by atoms with van der Waals surface area (Å²) in [4.78, 5) is 0. The van der Waals surface area contributed by atoms with E-state index in [1.165, 1.54) is 0 Å². The molecule has 0 aliphatic carbocycles. The van der Waals surface area contributed by atoms with Crippen LogP contribution in [0.25, 0.3) is 0 Å². The van der Waals surface area contributed by atoms with Crippen LogP contribution in [0.4, 0.5) is 26.3 Å². The molecule has 0 saturated carbocycles. The van der Waals surface area contributed by atoms with Crippen LogP contribution in [0.2, 0.25) is 0 Å². The van der Waals surface area contributed by atoms with Crippen molar-refractivity contribution in [2.24, 2.45) is 5.73 Å². The maximum Gasteiger partial charge on any atom is 0.426 e. The van der Waals surface area contributed by atoms with Crippen LogP contribution < -0.4 is 5.73 Å². The van der Waals surface area contributed by atoms with E-state index in [2.05, 4.69) is 5.73 Å². The van der Waals surface area contributed by atoms with E-state index in [0.29, 0.717) is 0 Å². The molecule has 0 aliphatic heterocycles. The van der Waals surface area contributed by atoms with Gasteiger partial charge in [-0.05, 0) is 6.54 Å². The number of aliphatic hydroxyl groups is 1. The monoisotopic (exact) mass is 211 g/mol. The highest BCUT2D eigenvalue weighted by Crippen LogP contribution is 2.44. The second-order valence-electron chi connectivity index (χ2n) is 2.39. The Balaban J connectivity index is 4.96. The Morgan fingerprint density at radius 1 is 0.923 bits per heavy atom. The molecule has 0 aromatic heterocycles. The van der Waals surface area contributed by atoms with Gasteiger partial charge in [0.15, 0.2) is 0 Å². The molecule has 0 rings (SSSR count). The molecule has 0 aliphatic rings. The minimum atomic E-state index is -5.76. The Morgan fingerprint density at radius 3 is 1.31 bits per heavy atom. The summed E-state index contributed by atoms with van der Waals surface area (Å²) < 4.78 is 70.6. The van der Waals surface area contributed by atoms with Gasteiger partial charge >= 0.3 is 12.4 Å². The molecule has 0 unspecified atom stereocenters. The van der Waals surface area contributed by atoms with Gasteiger partial charge in [-0.3, -0.25) is 0 Å². The highest BCUT2D eigenvalue weighted by atomic mass is 19.4. The minimum absolute atomic E-state index is 0.907. The van der Waals surface area contributed by atoms with Crippen molar-refractivity contribution >= 4 is 0 Å². The van der Waals surface area contributed by atoms with E-state index in [0.717, 1.165) is 0 Å². The fourth-order valence-corrected chi connectivity index (χ4v) is 0.653. The number of rotatable bonds is 2. The second kappa shape index (κ2) is 3.33. The maximum absolute atomic E-state index is 11.8. The van der Waals surface area contributed by atoms with Gasteiger partial charge < -0.3 is 10.8 Å². The molecule has 13 heavy (non-hydrogen) atoms. The molecule has 80 valence electrons. The first-order valence-corrected chi connectivity index (χ1v) is 3.12. The largest absolute Gasteiger partial charge is 0.426 e. The van der Waals surface area contributed by atoms with Crippen molar-refractivity contribution in [3.05, 3.63) is 0 Å². The average molecular weight is 211 g/mol. The lowest BCUT2D eigenvalue weighted by Gasteiger charge is -2.31. The van der Waals surface area contributed by atoms with Crippen molar-refractivity contribution in [1.29, 1.82) is 0 Å². The molecule has 0 aromatic rings. The molecule has 0 heterocycles. The molecule has 0 amide bonds. The first-order valence-electron chi connectivity index (χ1n) is 3.12. The first kappa shape index (κ1) is 12.5. The standard InChI is InChI=1S/C5H7F6NO/c6-4(7,8)3(13,1-2-12)5(9,10)11/h13H,1-2,12H2. The fourth-order valence-electron chi connectivity index (χ4n) is 0.653. The van der Waals surface area contributed by atoms with E-state index in [4.69, 9.17) is 5.11 Å². The van der Waals surface area contributed by atoms with Gasteiger partial charge in [-0.2, -0.15) is 26.3 Å². The van der Waals surface area contributed by atoms with Gasteiger partial charge in [0, 0.05) is 6.42 Å². The Kier molecular flexibility index (Phi) is 3.21. The van der Waals surface area contributed by atoms with Crippen LogP contribution in [-0.2, 0) is 0 Å². The van der Waals surface area contributed by atoms with Gasteiger partial charge in [-0.1, -0.05) is 0 Å². The third-order valence-corrected chi connectivity index (χ3v) is 1.44. The number of nitrogens with two attached hydrogens (primary N) is 1. The number of hydrogen-bond acceptors (Lipinski definition) is 2. The second-order valence-corrected chi connectivity index (χ2v) is 2.39. The fraction of sp³-hybridized carbons (Fsp3) is 1.00. The molecular weight excluding hydrogens is 204 g/mol. The van der Waals surface area contributed by atoms with Crippen LogP contribution >= 0.6 is 0 Å². The lowest BCUT2D eigenvalue weighted by molar-refractivity contribution is -0.369. The highest BCUT2D eigenvalue weighted by molar-refractivity contribution is 4.93. The zero-order valence-electron chi connectivity index (χ0n) is 6.21. The predicted molar refractivity (Wildman–Crippen MR) is 30.7 cm³/mol. The smallest absolute Gasteiger partial charge is 0.374 e. The summed E-state index contributed by atoms with van der Waals surface area (Å²) in [5.41, 5.74) is -0.152. The van der Waals surface area contributed by atoms with Crippen LogP contribution in [0, 0.1) is 0 Å². The molecule has 0 aromatic carbocycles. The summed E-state index contributed by atoms with van der Waals surface area (Å²) in [7, 11) is 0. The van der Waals surface area contributed by atoms with Gasteiger partial charge in [0.2, 0.25) is 0 Å². The van der Waals surface area contributed by atoms with Crippen molar-refractivity contribution in [3.63, 3.8) is 0 Å². The van der Waals surface area contributed by atoms with Gasteiger partial charge in [0.25, 0.3) is 5.60 Å². The van der Waals surface area contributed by atoms with E-state index in [-0.39, 0.29) is 0 Å². The van der Waals surface area contributed by atoms with Crippen LogP contribution in [0.15, 0.2) is 0 Å². The van der Waals surface area contributed by atoms with Crippen LogP contribution in [0.5, 0.6) is 0 Å². The van der Waals surface area contributed by atoms with Crippen LogP contribution in [0.1, 0.15) is 6.42 Å². The van der Waals surface area contributed by atoms with Gasteiger partial charge in [-0.15, -0.1) is 0 Å². The van der Waals surface area contributed by atoms with E-state index in [1.54, 1.807) is 0 Å². The van der Waals surface area contributed by atoms with Gasteiger partial charge in [0.05, 0.1) is 0 Å². The van der Waals surface area contributed by atoms with Crippen molar-refractivity contribution in [3.8, 4) is 0 Å². The Morgan fingerprint density at radius 2 is 1.23 bits per heavy atom. The normalized spacial score (nSPS) is 14.8. The van der Waals surface area contributed by atoms with Crippen LogP contribution in [-0.4, -0.2) is 29.6 Å². The Hall–Kier alpha value is -0.500. The maximum atomic E-state index is 11.8. The summed E-state index contributed by atoms with van der Waals surface area (Å²) in [6.45, 7) is -0.907. The average Bonchev–Trinajstić information content (AvgIpc) is 1.82. The molecule has 0 atom stereocenters. The van der Waals surface area contributed by atoms with Crippen molar-refractivity contribution in [1.82, 2.24) is 0 Å². The van der Waals surface area contributed by atoms with E-state index >= 15 is 0 Å². The van der Waals surface area contributed by atoms with Crippen molar-refractivity contribution < 1.29 is 31.4 Å². The predicted octanol–water partition coefficient (Wildman–Crippen LogP) is 1.19. The Bertz CT molecular complexity index is 159. The summed E-state index contributed by atoms with van der Waals surface area (Å²) >= 11 is 0. The molecule has 0 spiro atoms. The van der Waals surface area contributed by atoms with Gasteiger partial charge in [0.1, 0.15) is 0 Å². The van der Waals surface area contributed by atoms with E-state index < -0.39 is 30.9 Å². The number of halogens is 6. The quantitative estimate of drug-likeness (QED) is 0.674.